The van der Waals surface area contributed by atoms with Crippen LogP contribution in [0.5, 0.6) is 17.2 Å². The average molecular weight is 531 g/mol. The second kappa shape index (κ2) is 10.8. The minimum absolute atomic E-state index is 0.0401. The highest BCUT2D eigenvalue weighted by atomic mass is 32.2. The summed E-state index contributed by atoms with van der Waals surface area (Å²) in [5, 5.41) is 19.6. The van der Waals surface area contributed by atoms with Crippen LogP contribution in [0.4, 0.5) is 4.79 Å². The molecule has 37 heavy (non-hydrogen) atoms. The van der Waals surface area contributed by atoms with Gasteiger partial charge in [-0.1, -0.05) is 0 Å². The van der Waals surface area contributed by atoms with Gasteiger partial charge in [0.1, 0.15) is 0 Å². The lowest BCUT2D eigenvalue weighted by Gasteiger charge is -2.42. The standard InChI is InChI=1S/C25H30N4O7S/c1-17(29(25(30)31)36-21-8-4-18(13-26)5-9-21)14-28-19-6-7-20(28)16-27(15-19)37(32,33)22-10-11-23(34-2)24(12-22)35-3/h4-5,8-12,17,19-20H,6-7,14-16H2,1-3H3,(H,30,31). The maximum atomic E-state index is 13.4. The van der Waals surface area contributed by atoms with Crippen molar-refractivity contribution in [3.05, 3.63) is 48.0 Å². The predicted molar refractivity (Wildman–Crippen MR) is 133 cm³/mol. The molecule has 2 saturated heterocycles. The van der Waals surface area contributed by atoms with E-state index < -0.39 is 22.2 Å². The number of hydrogen-bond donors (Lipinski definition) is 1. The zero-order valence-electron chi connectivity index (χ0n) is 20.9. The molecule has 4 rings (SSSR count). The Morgan fingerprint density at radius 1 is 1.11 bits per heavy atom. The zero-order chi connectivity index (χ0) is 26.7. The van der Waals surface area contributed by atoms with Gasteiger partial charge in [0.2, 0.25) is 10.0 Å². The molecular formula is C25H30N4O7S. The first-order chi connectivity index (χ1) is 17.7. The van der Waals surface area contributed by atoms with Gasteiger partial charge in [-0.2, -0.15) is 9.57 Å². The number of sulfonamides is 1. The molecule has 12 heteroatoms. The molecule has 11 nitrogen and oxygen atoms in total. The van der Waals surface area contributed by atoms with E-state index in [-0.39, 0.29) is 17.0 Å². The number of carboxylic acid groups (broad SMARTS) is 1. The summed E-state index contributed by atoms with van der Waals surface area (Å²) < 4.78 is 38.9. The molecule has 0 aromatic heterocycles. The quantitative estimate of drug-likeness (QED) is 0.486. The Morgan fingerprint density at radius 3 is 2.27 bits per heavy atom. The Bertz CT molecular complexity index is 1260. The number of ether oxygens (including phenoxy) is 2. The number of carbonyl (C=O) groups is 1. The number of fused-ring (bicyclic) bond motifs is 2. The topological polar surface area (TPSA) is 133 Å². The van der Waals surface area contributed by atoms with Gasteiger partial charge in [-0.15, -0.1) is 5.06 Å². The molecule has 2 fully saturated rings. The molecule has 2 bridgehead atoms. The lowest BCUT2D eigenvalue weighted by molar-refractivity contribution is -0.0763. The highest BCUT2D eigenvalue weighted by Crippen LogP contribution is 2.35. The molecule has 0 saturated carbocycles. The summed E-state index contributed by atoms with van der Waals surface area (Å²) in [6.07, 6.45) is 0.400. The summed E-state index contributed by atoms with van der Waals surface area (Å²) in [5.41, 5.74) is 0.444. The van der Waals surface area contributed by atoms with Crippen molar-refractivity contribution >= 4 is 16.1 Å². The van der Waals surface area contributed by atoms with Crippen molar-refractivity contribution in [1.29, 1.82) is 5.26 Å². The summed E-state index contributed by atoms with van der Waals surface area (Å²) in [6, 6.07) is 12.2. The molecule has 1 amide bonds. The third-order valence-electron chi connectivity index (χ3n) is 6.84. The van der Waals surface area contributed by atoms with Crippen molar-refractivity contribution in [2.45, 2.75) is 42.8 Å². The van der Waals surface area contributed by atoms with Crippen molar-refractivity contribution in [2.24, 2.45) is 0 Å². The van der Waals surface area contributed by atoms with Crippen LogP contribution >= 0.6 is 0 Å². The van der Waals surface area contributed by atoms with Gasteiger partial charge < -0.3 is 19.4 Å². The van der Waals surface area contributed by atoms with E-state index in [9.17, 15) is 18.3 Å². The first kappa shape index (κ1) is 26.5. The number of nitriles is 1. The lowest BCUT2D eigenvalue weighted by Crippen LogP contribution is -2.58. The van der Waals surface area contributed by atoms with Crippen LogP contribution in [0.2, 0.25) is 0 Å². The fourth-order valence-electron chi connectivity index (χ4n) is 4.97. The highest BCUT2D eigenvalue weighted by Gasteiger charge is 2.45. The Balaban J connectivity index is 1.45. The second-order valence-electron chi connectivity index (χ2n) is 9.11. The molecule has 198 valence electrons. The summed E-state index contributed by atoms with van der Waals surface area (Å²) in [5.74, 6) is 1.10. The molecule has 0 spiro atoms. The smallest absolute Gasteiger partial charge is 0.441 e. The van der Waals surface area contributed by atoms with Crippen LogP contribution in [0.1, 0.15) is 25.3 Å². The van der Waals surface area contributed by atoms with Crippen molar-refractivity contribution in [3.8, 4) is 23.3 Å². The van der Waals surface area contributed by atoms with Crippen LogP contribution in [0.3, 0.4) is 0 Å². The Labute approximate surface area is 216 Å². The average Bonchev–Trinajstić information content (AvgIpc) is 3.11. The van der Waals surface area contributed by atoms with E-state index in [1.807, 2.05) is 6.07 Å². The van der Waals surface area contributed by atoms with E-state index >= 15 is 0 Å². The van der Waals surface area contributed by atoms with Crippen molar-refractivity contribution in [2.75, 3.05) is 33.9 Å². The Hall–Kier alpha value is -3.53. The van der Waals surface area contributed by atoms with Gasteiger partial charge in [-0.05, 0) is 56.2 Å². The van der Waals surface area contributed by atoms with Gasteiger partial charge in [0.25, 0.3) is 0 Å². The SMILES string of the molecule is COc1ccc(S(=O)(=O)N2CC3CCC(C2)N3CC(C)N(Oc2ccc(C#N)cc2)C(=O)O)cc1OC. The van der Waals surface area contributed by atoms with Crippen molar-refractivity contribution in [1.82, 2.24) is 14.3 Å². The molecule has 2 aliphatic rings. The largest absolute Gasteiger partial charge is 0.493 e. The minimum atomic E-state index is -3.75. The molecular weight excluding hydrogens is 500 g/mol. The van der Waals surface area contributed by atoms with Crippen LogP contribution in [-0.4, -0.2) is 85.9 Å². The molecule has 2 heterocycles. The van der Waals surface area contributed by atoms with Crippen LogP contribution in [0, 0.1) is 11.3 Å². The molecule has 2 aromatic rings. The van der Waals surface area contributed by atoms with Gasteiger partial charge in [0.05, 0.1) is 36.8 Å². The lowest BCUT2D eigenvalue weighted by atomic mass is 10.2. The molecule has 2 aromatic carbocycles. The highest BCUT2D eigenvalue weighted by molar-refractivity contribution is 7.89. The monoisotopic (exact) mass is 530 g/mol. The normalized spacial score (nSPS) is 20.6. The fraction of sp³-hybridized carbons (Fsp3) is 0.440. The molecule has 0 radical (unpaired) electrons. The number of hydroxylamine groups is 2. The van der Waals surface area contributed by atoms with Crippen LogP contribution in [0.25, 0.3) is 0 Å². The van der Waals surface area contributed by atoms with Crippen molar-refractivity contribution < 1.29 is 32.6 Å². The zero-order valence-corrected chi connectivity index (χ0v) is 21.7. The van der Waals surface area contributed by atoms with E-state index in [1.165, 1.54) is 30.7 Å². The first-order valence-electron chi connectivity index (χ1n) is 11.9. The predicted octanol–water partition coefficient (Wildman–Crippen LogP) is 2.78. The van der Waals surface area contributed by atoms with Crippen LogP contribution < -0.4 is 14.3 Å². The minimum Gasteiger partial charge on any atom is -0.493 e. The molecule has 3 unspecified atom stereocenters. The van der Waals surface area contributed by atoms with Crippen LogP contribution in [0.15, 0.2) is 47.4 Å². The number of benzene rings is 2. The Kier molecular flexibility index (Phi) is 7.77. The van der Waals surface area contributed by atoms with E-state index in [0.717, 1.165) is 17.9 Å². The number of hydrogen-bond acceptors (Lipinski definition) is 8. The van der Waals surface area contributed by atoms with Gasteiger partial charge in [0.15, 0.2) is 17.2 Å². The number of rotatable bonds is 9. The number of amides is 1. The van der Waals surface area contributed by atoms with E-state index in [0.29, 0.717) is 42.4 Å². The summed E-state index contributed by atoms with van der Waals surface area (Å²) in [4.78, 5) is 19.9. The maximum absolute atomic E-state index is 13.4. The Morgan fingerprint density at radius 2 is 1.73 bits per heavy atom. The maximum Gasteiger partial charge on any atom is 0.441 e. The number of piperazine rings is 1. The second-order valence-corrected chi connectivity index (χ2v) is 11.0. The molecule has 0 aliphatic carbocycles. The van der Waals surface area contributed by atoms with Gasteiger partial charge in [-0.3, -0.25) is 4.90 Å². The van der Waals surface area contributed by atoms with E-state index in [4.69, 9.17) is 19.6 Å². The number of nitrogens with zero attached hydrogens (tertiary/aromatic N) is 4. The van der Waals surface area contributed by atoms with E-state index in [1.54, 1.807) is 37.3 Å². The van der Waals surface area contributed by atoms with Gasteiger partial charge >= 0.3 is 6.09 Å². The third kappa shape index (κ3) is 5.44. The molecule has 1 N–H and O–H groups in total. The number of methoxy groups -OCH3 is 2. The van der Waals surface area contributed by atoms with Gasteiger partial charge in [0, 0.05) is 37.8 Å². The van der Waals surface area contributed by atoms with Crippen molar-refractivity contribution in [3.63, 3.8) is 0 Å². The summed E-state index contributed by atoms with van der Waals surface area (Å²) in [7, 11) is -0.805. The fourth-order valence-corrected chi connectivity index (χ4v) is 6.50. The summed E-state index contributed by atoms with van der Waals surface area (Å²) in [6.45, 7) is 2.76. The van der Waals surface area contributed by atoms with Gasteiger partial charge in [-0.25, -0.2) is 13.2 Å². The van der Waals surface area contributed by atoms with Crippen LogP contribution in [-0.2, 0) is 10.0 Å². The van der Waals surface area contributed by atoms with E-state index in [2.05, 4.69) is 4.90 Å². The third-order valence-corrected chi connectivity index (χ3v) is 8.67. The molecule has 3 atom stereocenters. The molecule has 2 aliphatic heterocycles. The first-order valence-corrected chi connectivity index (χ1v) is 13.3. The summed E-state index contributed by atoms with van der Waals surface area (Å²) >= 11 is 0.